The van der Waals surface area contributed by atoms with Crippen LogP contribution < -0.4 is 10.1 Å². The third kappa shape index (κ3) is 2.85. The van der Waals surface area contributed by atoms with Crippen molar-refractivity contribution >= 4 is 5.91 Å². The van der Waals surface area contributed by atoms with Crippen molar-refractivity contribution < 1.29 is 13.9 Å². The van der Waals surface area contributed by atoms with Gasteiger partial charge in [0.1, 0.15) is 18.1 Å². The smallest absolute Gasteiger partial charge is 0.226 e. The van der Waals surface area contributed by atoms with Gasteiger partial charge in [-0.3, -0.25) is 4.79 Å². The fourth-order valence-corrected chi connectivity index (χ4v) is 2.40. The Morgan fingerprint density at radius 1 is 1.25 bits per heavy atom. The van der Waals surface area contributed by atoms with Crippen molar-refractivity contribution in [3.8, 4) is 5.75 Å². The molecular formula is C16H17NO3. The summed E-state index contributed by atoms with van der Waals surface area (Å²) in [7, 11) is 0. The first kappa shape index (κ1) is 12.8. The average Bonchev–Trinajstić information content (AvgIpc) is 3.00. The number of para-hydroxylation sites is 1. The van der Waals surface area contributed by atoms with Gasteiger partial charge in [-0.15, -0.1) is 0 Å². The number of rotatable bonds is 4. The van der Waals surface area contributed by atoms with Crippen LogP contribution in [0.15, 0.2) is 47.1 Å². The number of hydrogen-bond acceptors (Lipinski definition) is 3. The third-order valence-corrected chi connectivity index (χ3v) is 3.50. The molecule has 104 valence electrons. The Bertz CT molecular complexity index is 577. The van der Waals surface area contributed by atoms with Gasteiger partial charge in [-0.2, -0.15) is 0 Å². The minimum absolute atomic E-state index is 0.0473. The lowest BCUT2D eigenvalue weighted by Crippen LogP contribution is -2.38. The highest BCUT2D eigenvalue weighted by Gasteiger charge is 2.25. The summed E-state index contributed by atoms with van der Waals surface area (Å²) in [5.41, 5.74) is 1.10. The van der Waals surface area contributed by atoms with Crippen LogP contribution in [-0.4, -0.2) is 19.1 Å². The first-order valence-electron chi connectivity index (χ1n) is 6.84. The molecule has 1 aliphatic rings. The van der Waals surface area contributed by atoms with Gasteiger partial charge in [0.05, 0.1) is 12.2 Å². The monoisotopic (exact) mass is 271 g/mol. The molecule has 1 aromatic heterocycles. The number of ether oxygens (including phenoxy) is 1. The van der Waals surface area contributed by atoms with Gasteiger partial charge >= 0.3 is 0 Å². The summed E-state index contributed by atoms with van der Waals surface area (Å²) < 4.78 is 10.9. The zero-order valence-electron chi connectivity index (χ0n) is 11.2. The molecule has 1 N–H and O–H groups in total. The van der Waals surface area contributed by atoms with Crippen LogP contribution >= 0.6 is 0 Å². The second-order valence-corrected chi connectivity index (χ2v) is 4.94. The van der Waals surface area contributed by atoms with E-state index in [-0.39, 0.29) is 11.8 Å². The highest BCUT2D eigenvalue weighted by Crippen LogP contribution is 2.26. The molecule has 0 saturated heterocycles. The molecule has 0 saturated carbocycles. The van der Waals surface area contributed by atoms with Crippen LogP contribution in [-0.2, 0) is 17.6 Å². The zero-order valence-corrected chi connectivity index (χ0v) is 11.2. The van der Waals surface area contributed by atoms with E-state index < -0.39 is 0 Å². The van der Waals surface area contributed by atoms with Crippen molar-refractivity contribution in [2.24, 2.45) is 5.92 Å². The summed E-state index contributed by atoms with van der Waals surface area (Å²) >= 11 is 0. The molecule has 0 aliphatic carbocycles. The van der Waals surface area contributed by atoms with Crippen LogP contribution in [0.3, 0.4) is 0 Å². The predicted octanol–water partition coefficient (Wildman–Crippen LogP) is 2.19. The Morgan fingerprint density at radius 3 is 3.00 bits per heavy atom. The molecule has 3 rings (SSSR count). The van der Waals surface area contributed by atoms with Crippen LogP contribution in [0, 0.1) is 5.92 Å². The molecule has 4 heteroatoms. The molecule has 1 amide bonds. The molecule has 1 atom stereocenters. The van der Waals surface area contributed by atoms with Gasteiger partial charge in [0, 0.05) is 13.0 Å². The van der Waals surface area contributed by atoms with E-state index in [0.29, 0.717) is 19.6 Å². The summed E-state index contributed by atoms with van der Waals surface area (Å²) in [6.45, 7) is 1.04. The van der Waals surface area contributed by atoms with Crippen molar-refractivity contribution in [3.05, 3.63) is 54.0 Å². The van der Waals surface area contributed by atoms with E-state index in [1.807, 2.05) is 36.4 Å². The maximum absolute atomic E-state index is 12.1. The minimum Gasteiger partial charge on any atom is -0.492 e. The Kier molecular flexibility index (Phi) is 3.72. The molecule has 1 aliphatic heterocycles. The number of nitrogens with one attached hydrogen (secondary N) is 1. The zero-order chi connectivity index (χ0) is 13.8. The van der Waals surface area contributed by atoms with E-state index >= 15 is 0 Å². The summed E-state index contributed by atoms with van der Waals surface area (Å²) in [6, 6.07) is 11.6. The first-order valence-corrected chi connectivity index (χ1v) is 6.84. The van der Waals surface area contributed by atoms with Gasteiger partial charge in [-0.25, -0.2) is 0 Å². The summed E-state index contributed by atoms with van der Waals surface area (Å²) in [4.78, 5) is 12.1. The molecule has 0 spiro atoms. The van der Waals surface area contributed by atoms with E-state index in [2.05, 4.69) is 5.32 Å². The Balaban J connectivity index is 1.51. The normalized spacial score (nSPS) is 17.1. The largest absolute Gasteiger partial charge is 0.492 e. The van der Waals surface area contributed by atoms with Crippen LogP contribution in [0.5, 0.6) is 5.75 Å². The SMILES string of the molecule is O=C(NCCc1ccco1)[C@H]1COc2ccccc2C1. The maximum Gasteiger partial charge on any atom is 0.226 e. The third-order valence-electron chi connectivity index (χ3n) is 3.50. The van der Waals surface area contributed by atoms with Crippen molar-refractivity contribution in [2.75, 3.05) is 13.2 Å². The molecule has 1 aromatic carbocycles. The van der Waals surface area contributed by atoms with Gasteiger partial charge in [0.2, 0.25) is 5.91 Å². The predicted molar refractivity (Wildman–Crippen MR) is 74.6 cm³/mol. The number of furan rings is 1. The lowest BCUT2D eigenvalue weighted by molar-refractivity contribution is -0.126. The molecule has 0 unspecified atom stereocenters. The lowest BCUT2D eigenvalue weighted by Gasteiger charge is -2.24. The van der Waals surface area contributed by atoms with Crippen molar-refractivity contribution in [2.45, 2.75) is 12.8 Å². The number of carbonyl (C=O) groups is 1. The molecule has 0 radical (unpaired) electrons. The van der Waals surface area contributed by atoms with E-state index in [9.17, 15) is 4.79 Å². The highest BCUT2D eigenvalue weighted by atomic mass is 16.5. The van der Waals surface area contributed by atoms with Gasteiger partial charge in [0.25, 0.3) is 0 Å². The fraction of sp³-hybridized carbons (Fsp3) is 0.312. The Labute approximate surface area is 117 Å². The number of fused-ring (bicyclic) bond motifs is 1. The van der Waals surface area contributed by atoms with Gasteiger partial charge in [0.15, 0.2) is 0 Å². The van der Waals surface area contributed by atoms with Crippen LogP contribution in [0.25, 0.3) is 0 Å². The summed E-state index contributed by atoms with van der Waals surface area (Å²) in [6.07, 6.45) is 3.09. The quantitative estimate of drug-likeness (QED) is 0.927. The molecule has 4 nitrogen and oxygen atoms in total. The molecular weight excluding hydrogens is 254 g/mol. The topological polar surface area (TPSA) is 51.5 Å². The second-order valence-electron chi connectivity index (χ2n) is 4.94. The first-order chi connectivity index (χ1) is 9.83. The van der Waals surface area contributed by atoms with Gasteiger partial charge in [-0.05, 0) is 30.2 Å². The van der Waals surface area contributed by atoms with Crippen molar-refractivity contribution in [1.82, 2.24) is 5.32 Å². The van der Waals surface area contributed by atoms with Crippen LogP contribution in [0.1, 0.15) is 11.3 Å². The maximum atomic E-state index is 12.1. The molecule has 20 heavy (non-hydrogen) atoms. The van der Waals surface area contributed by atoms with E-state index in [4.69, 9.17) is 9.15 Å². The average molecular weight is 271 g/mol. The Morgan fingerprint density at radius 2 is 2.15 bits per heavy atom. The lowest BCUT2D eigenvalue weighted by atomic mass is 9.96. The van der Waals surface area contributed by atoms with Crippen molar-refractivity contribution in [3.63, 3.8) is 0 Å². The van der Waals surface area contributed by atoms with E-state index in [1.165, 1.54) is 0 Å². The number of benzene rings is 1. The minimum atomic E-state index is -0.110. The fourth-order valence-electron chi connectivity index (χ4n) is 2.40. The Hall–Kier alpha value is -2.23. The van der Waals surface area contributed by atoms with E-state index in [1.54, 1.807) is 6.26 Å². The number of amides is 1. The number of hydrogen-bond donors (Lipinski definition) is 1. The highest BCUT2D eigenvalue weighted by molar-refractivity contribution is 5.79. The number of carbonyl (C=O) groups excluding carboxylic acids is 1. The summed E-state index contributed by atoms with van der Waals surface area (Å²) in [5, 5.41) is 2.94. The van der Waals surface area contributed by atoms with Crippen molar-refractivity contribution in [1.29, 1.82) is 0 Å². The molecule has 2 heterocycles. The van der Waals surface area contributed by atoms with Gasteiger partial charge < -0.3 is 14.5 Å². The van der Waals surface area contributed by atoms with Crippen LogP contribution in [0.2, 0.25) is 0 Å². The van der Waals surface area contributed by atoms with E-state index in [0.717, 1.165) is 23.5 Å². The second kappa shape index (κ2) is 5.82. The molecule has 0 fully saturated rings. The standard InChI is InChI=1S/C16H17NO3/c18-16(17-8-7-14-5-3-9-19-14)13-10-12-4-1-2-6-15(12)20-11-13/h1-6,9,13H,7-8,10-11H2,(H,17,18)/t13-/m1/s1. The van der Waals surface area contributed by atoms with Crippen LogP contribution in [0.4, 0.5) is 0 Å². The molecule has 2 aromatic rings. The van der Waals surface area contributed by atoms with Gasteiger partial charge in [-0.1, -0.05) is 18.2 Å². The molecule has 0 bridgehead atoms. The summed E-state index contributed by atoms with van der Waals surface area (Å²) in [5.74, 6) is 1.72.